The van der Waals surface area contributed by atoms with Crippen LogP contribution < -0.4 is 5.32 Å². The van der Waals surface area contributed by atoms with E-state index in [1.54, 1.807) is 0 Å². The second-order valence-electron chi connectivity index (χ2n) is 2.02. The van der Waals surface area contributed by atoms with E-state index in [-0.39, 0.29) is 0 Å². The van der Waals surface area contributed by atoms with Gasteiger partial charge in [-0.05, 0) is 0 Å². The first-order valence-corrected chi connectivity index (χ1v) is 4.55. The lowest BCUT2D eigenvalue weighted by atomic mass is 10.6. The molecule has 8 heavy (non-hydrogen) atoms. The molecule has 4 heteroatoms. The van der Waals surface area contributed by atoms with Gasteiger partial charge in [-0.25, -0.2) is 8.42 Å². The highest BCUT2D eigenvalue weighted by Crippen LogP contribution is 1.87. The average molecular weight is 136 g/mol. The summed E-state index contributed by atoms with van der Waals surface area (Å²) in [5, 5.41) is 2.03. The number of hydrogen-bond donors (Lipinski definition) is 1. The Bertz CT molecular complexity index is 149. The van der Waals surface area contributed by atoms with Gasteiger partial charge in [0.2, 0.25) is 0 Å². The number of sulfone groups is 1. The molecule has 1 rings (SSSR count). The van der Waals surface area contributed by atoms with Gasteiger partial charge in [-0.2, -0.15) is 0 Å². The van der Waals surface area contributed by atoms with Crippen LogP contribution in [0.15, 0.2) is 0 Å². The molecule has 48 valence electrons. The highest BCUT2D eigenvalue weighted by Gasteiger charge is 2.16. The maximum atomic E-state index is 10.6. The lowest BCUT2D eigenvalue weighted by Gasteiger charge is -2.07. The quantitative estimate of drug-likeness (QED) is 0.418. The third-order valence-electron chi connectivity index (χ3n) is 1.27. The Labute approximate surface area is 49.0 Å². The monoisotopic (exact) mass is 136 g/mol. The SMILES string of the molecule is O=S1(=O)CC[NH2+]CC1. The zero-order valence-electron chi connectivity index (χ0n) is 4.63. The van der Waals surface area contributed by atoms with Gasteiger partial charge in [0.25, 0.3) is 0 Å². The topological polar surface area (TPSA) is 50.8 Å². The van der Waals surface area contributed by atoms with Crippen molar-refractivity contribution in [3.05, 3.63) is 0 Å². The van der Waals surface area contributed by atoms with Crippen molar-refractivity contribution in [1.29, 1.82) is 0 Å². The van der Waals surface area contributed by atoms with Crippen molar-refractivity contribution in [2.24, 2.45) is 0 Å². The smallest absolute Gasteiger partial charge is 0.161 e. The largest absolute Gasteiger partial charge is 0.345 e. The summed E-state index contributed by atoms with van der Waals surface area (Å²) in [6.45, 7) is 1.50. The lowest BCUT2D eigenvalue weighted by molar-refractivity contribution is -0.648. The van der Waals surface area contributed by atoms with Crippen LogP contribution in [0.2, 0.25) is 0 Å². The van der Waals surface area contributed by atoms with Gasteiger partial charge in [0.05, 0.1) is 24.6 Å². The number of hydrogen-bond acceptors (Lipinski definition) is 2. The molecule has 0 aromatic heterocycles. The van der Waals surface area contributed by atoms with E-state index in [2.05, 4.69) is 0 Å². The Hall–Kier alpha value is -0.0900. The first-order chi connectivity index (χ1) is 3.71. The molecular formula is C4H10NO2S+. The molecule has 0 saturated carbocycles. The van der Waals surface area contributed by atoms with Crippen LogP contribution in [0, 0.1) is 0 Å². The van der Waals surface area contributed by atoms with E-state index in [1.807, 2.05) is 5.32 Å². The standard InChI is InChI=1S/C4H9NO2S/c6-8(7)3-1-5-2-4-8/h5H,1-4H2/p+1. The summed E-state index contributed by atoms with van der Waals surface area (Å²) in [5.41, 5.74) is 0. The van der Waals surface area contributed by atoms with Gasteiger partial charge in [-0.15, -0.1) is 0 Å². The highest BCUT2D eigenvalue weighted by atomic mass is 32.2. The van der Waals surface area contributed by atoms with E-state index in [0.29, 0.717) is 11.5 Å². The van der Waals surface area contributed by atoms with Crippen LogP contribution in [0.25, 0.3) is 0 Å². The Morgan fingerprint density at radius 3 is 1.88 bits per heavy atom. The van der Waals surface area contributed by atoms with E-state index >= 15 is 0 Å². The van der Waals surface area contributed by atoms with Crippen LogP contribution in [0.4, 0.5) is 0 Å². The molecule has 0 atom stereocenters. The second kappa shape index (κ2) is 2.03. The van der Waals surface area contributed by atoms with Crippen LogP contribution in [0.5, 0.6) is 0 Å². The minimum Gasteiger partial charge on any atom is -0.345 e. The van der Waals surface area contributed by atoms with Crippen LogP contribution in [-0.4, -0.2) is 33.0 Å². The Balaban J connectivity index is 2.58. The van der Waals surface area contributed by atoms with Gasteiger partial charge in [0, 0.05) is 0 Å². The van der Waals surface area contributed by atoms with E-state index in [4.69, 9.17) is 0 Å². The van der Waals surface area contributed by atoms with Gasteiger partial charge in [0.15, 0.2) is 9.84 Å². The van der Waals surface area contributed by atoms with E-state index < -0.39 is 9.84 Å². The highest BCUT2D eigenvalue weighted by molar-refractivity contribution is 7.91. The fourth-order valence-corrected chi connectivity index (χ4v) is 2.03. The number of quaternary nitrogens is 1. The molecule has 1 aliphatic heterocycles. The molecule has 0 amide bonds. The zero-order valence-corrected chi connectivity index (χ0v) is 5.45. The number of rotatable bonds is 0. The first kappa shape index (κ1) is 6.04. The zero-order chi connectivity index (χ0) is 6.04. The third-order valence-corrected chi connectivity index (χ3v) is 2.98. The Morgan fingerprint density at radius 2 is 1.62 bits per heavy atom. The fraction of sp³-hybridized carbons (Fsp3) is 1.00. The molecule has 1 saturated heterocycles. The molecule has 0 aromatic rings. The normalized spacial score (nSPS) is 27.5. The molecule has 1 aliphatic rings. The summed E-state index contributed by atoms with van der Waals surface area (Å²) in [4.78, 5) is 0. The molecule has 1 heterocycles. The first-order valence-electron chi connectivity index (χ1n) is 2.73. The maximum Gasteiger partial charge on any atom is 0.161 e. The summed E-state index contributed by atoms with van der Waals surface area (Å²) in [7, 11) is -2.61. The van der Waals surface area contributed by atoms with Gasteiger partial charge in [0.1, 0.15) is 0 Å². The van der Waals surface area contributed by atoms with Crippen molar-refractivity contribution in [2.45, 2.75) is 0 Å². The molecule has 1 fully saturated rings. The van der Waals surface area contributed by atoms with E-state index in [9.17, 15) is 8.42 Å². The molecule has 0 radical (unpaired) electrons. The van der Waals surface area contributed by atoms with Crippen molar-refractivity contribution >= 4 is 9.84 Å². The van der Waals surface area contributed by atoms with Crippen molar-refractivity contribution in [1.82, 2.24) is 0 Å². The van der Waals surface area contributed by atoms with Gasteiger partial charge in [-0.3, -0.25) is 0 Å². The third kappa shape index (κ3) is 1.45. The molecule has 0 aromatic carbocycles. The maximum absolute atomic E-state index is 10.6. The fourth-order valence-electron chi connectivity index (χ4n) is 0.772. The predicted molar refractivity (Wildman–Crippen MR) is 30.3 cm³/mol. The van der Waals surface area contributed by atoms with Crippen LogP contribution >= 0.6 is 0 Å². The van der Waals surface area contributed by atoms with E-state index in [0.717, 1.165) is 13.1 Å². The summed E-state index contributed by atoms with van der Waals surface area (Å²) >= 11 is 0. The van der Waals surface area contributed by atoms with Crippen LogP contribution in [-0.2, 0) is 9.84 Å². The van der Waals surface area contributed by atoms with Gasteiger partial charge >= 0.3 is 0 Å². The average Bonchev–Trinajstić information content (AvgIpc) is 1.65. The van der Waals surface area contributed by atoms with E-state index in [1.165, 1.54) is 0 Å². The lowest BCUT2D eigenvalue weighted by Crippen LogP contribution is -2.88. The van der Waals surface area contributed by atoms with Gasteiger partial charge in [-0.1, -0.05) is 0 Å². The van der Waals surface area contributed by atoms with Crippen molar-refractivity contribution < 1.29 is 13.7 Å². The summed E-state index contributed by atoms with van der Waals surface area (Å²) < 4.78 is 21.3. The van der Waals surface area contributed by atoms with Crippen molar-refractivity contribution in [2.75, 3.05) is 24.6 Å². The molecule has 0 spiro atoms. The molecule has 0 unspecified atom stereocenters. The Kier molecular flexibility index (Phi) is 1.53. The second-order valence-corrected chi connectivity index (χ2v) is 4.32. The van der Waals surface area contributed by atoms with Gasteiger partial charge < -0.3 is 5.32 Å². The predicted octanol–water partition coefficient (Wildman–Crippen LogP) is -2.02. The van der Waals surface area contributed by atoms with Crippen LogP contribution in [0.3, 0.4) is 0 Å². The molecule has 0 aliphatic carbocycles. The summed E-state index contributed by atoms with van der Waals surface area (Å²) in [6.07, 6.45) is 0. The molecule has 2 N–H and O–H groups in total. The molecular weight excluding hydrogens is 126 g/mol. The minimum atomic E-state index is -2.61. The van der Waals surface area contributed by atoms with Crippen molar-refractivity contribution in [3.8, 4) is 0 Å². The Morgan fingerprint density at radius 1 is 1.12 bits per heavy atom. The minimum absolute atomic E-state index is 0.368. The summed E-state index contributed by atoms with van der Waals surface area (Å²) in [5.74, 6) is 0.736. The summed E-state index contributed by atoms with van der Waals surface area (Å²) in [6, 6.07) is 0. The van der Waals surface area contributed by atoms with Crippen molar-refractivity contribution in [3.63, 3.8) is 0 Å². The number of nitrogens with two attached hydrogens (primary N) is 1. The molecule has 3 nitrogen and oxygen atoms in total. The molecule has 0 bridgehead atoms. The van der Waals surface area contributed by atoms with Crippen LogP contribution in [0.1, 0.15) is 0 Å².